The summed E-state index contributed by atoms with van der Waals surface area (Å²) in [5.41, 5.74) is 1.46. The maximum Gasteiger partial charge on any atom is 0.251 e. The first-order valence-corrected chi connectivity index (χ1v) is 7.62. The van der Waals surface area contributed by atoms with Crippen molar-refractivity contribution >= 4 is 17.2 Å². The first-order chi connectivity index (χ1) is 10.2. The van der Waals surface area contributed by atoms with Crippen molar-refractivity contribution in [1.82, 2.24) is 5.32 Å². The molecule has 0 bridgehead atoms. The van der Waals surface area contributed by atoms with Gasteiger partial charge in [-0.25, -0.2) is 0 Å². The summed E-state index contributed by atoms with van der Waals surface area (Å²) >= 11 is 1.63. The lowest BCUT2D eigenvalue weighted by atomic mass is 10.1. The molecular weight excluding hydrogens is 282 g/mol. The Kier molecular flexibility index (Phi) is 5.56. The number of aliphatic hydroxyl groups excluding tert-OH is 1. The van der Waals surface area contributed by atoms with Crippen molar-refractivity contribution in [2.24, 2.45) is 0 Å². The number of rotatable bonds is 4. The number of hydrogen-bond donors (Lipinski definition) is 2. The smallest absolute Gasteiger partial charge is 0.251 e. The van der Waals surface area contributed by atoms with Crippen molar-refractivity contribution in [2.45, 2.75) is 19.4 Å². The Bertz CT molecular complexity index is 636. The van der Waals surface area contributed by atoms with Crippen LogP contribution in [0.1, 0.15) is 40.2 Å². The SMILES string of the molecule is CC(NC(=O)c1ccc(C#CCCO)cc1)c1cccs1. The van der Waals surface area contributed by atoms with Crippen molar-refractivity contribution in [3.05, 3.63) is 57.8 Å². The Hall–Kier alpha value is -2.09. The Morgan fingerprint density at radius 2 is 2.10 bits per heavy atom. The normalized spacial score (nSPS) is 11.3. The van der Waals surface area contributed by atoms with Gasteiger partial charge in [0.25, 0.3) is 5.91 Å². The molecule has 1 atom stereocenters. The highest BCUT2D eigenvalue weighted by Gasteiger charge is 2.11. The summed E-state index contributed by atoms with van der Waals surface area (Å²) in [6.45, 7) is 2.03. The highest BCUT2D eigenvalue weighted by Crippen LogP contribution is 2.18. The van der Waals surface area contributed by atoms with Crippen LogP contribution in [-0.2, 0) is 0 Å². The van der Waals surface area contributed by atoms with E-state index in [1.54, 1.807) is 23.5 Å². The Balaban J connectivity index is 1.98. The van der Waals surface area contributed by atoms with Gasteiger partial charge in [-0.15, -0.1) is 11.3 Å². The summed E-state index contributed by atoms with van der Waals surface area (Å²) in [5.74, 6) is 5.69. The molecule has 1 amide bonds. The van der Waals surface area contributed by atoms with Gasteiger partial charge in [0.05, 0.1) is 12.6 Å². The predicted octanol–water partition coefficient (Wildman–Crippen LogP) is 2.97. The van der Waals surface area contributed by atoms with Gasteiger partial charge in [-0.05, 0) is 42.6 Å². The molecule has 2 rings (SSSR count). The molecule has 2 aromatic rings. The minimum Gasteiger partial charge on any atom is -0.395 e. The number of thiophene rings is 1. The maximum absolute atomic E-state index is 12.1. The molecule has 0 spiro atoms. The molecular formula is C17H17NO2S. The van der Waals surface area contributed by atoms with Crippen LogP contribution in [0.2, 0.25) is 0 Å². The molecule has 0 saturated carbocycles. The average Bonchev–Trinajstić information content (AvgIpc) is 3.02. The van der Waals surface area contributed by atoms with Crippen LogP contribution in [0.25, 0.3) is 0 Å². The zero-order valence-corrected chi connectivity index (χ0v) is 12.6. The summed E-state index contributed by atoms with van der Waals surface area (Å²) in [6.07, 6.45) is 0.459. The lowest BCUT2D eigenvalue weighted by molar-refractivity contribution is 0.0940. The van der Waals surface area contributed by atoms with E-state index in [-0.39, 0.29) is 18.6 Å². The number of amides is 1. The molecule has 3 nitrogen and oxygen atoms in total. The molecule has 1 heterocycles. The highest BCUT2D eigenvalue weighted by molar-refractivity contribution is 7.10. The van der Waals surface area contributed by atoms with Gasteiger partial charge in [-0.3, -0.25) is 4.79 Å². The molecule has 0 aliphatic rings. The number of carbonyl (C=O) groups is 1. The van der Waals surface area contributed by atoms with E-state index in [0.717, 1.165) is 10.4 Å². The van der Waals surface area contributed by atoms with E-state index in [1.807, 2.05) is 36.6 Å². The largest absolute Gasteiger partial charge is 0.395 e. The molecule has 108 valence electrons. The molecule has 1 aromatic carbocycles. The van der Waals surface area contributed by atoms with E-state index in [1.165, 1.54) is 0 Å². The lowest BCUT2D eigenvalue weighted by Gasteiger charge is -2.12. The number of hydrogen-bond acceptors (Lipinski definition) is 3. The van der Waals surface area contributed by atoms with Gasteiger partial charge in [-0.2, -0.15) is 0 Å². The number of benzene rings is 1. The molecule has 1 aromatic heterocycles. The molecule has 4 heteroatoms. The van der Waals surface area contributed by atoms with Crippen molar-refractivity contribution in [3.63, 3.8) is 0 Å². The molecule has 0 saturated heterocycles. The topological polar surface area (TPSA) is 49.3 Å². The first-order valence-electron chi connectivity index (χ1n) is 6.75. The lowest BCUT2D eigenvalue weighted by Crippen LogP contribution is -2.26. The predicted molar refractivity (Wildman–Crippen MR) is 85.2 cm³/mol. The fourth-order valence-electron chi connectivity index (χ4n) is 1.81. The quantitative estimate of drug-likeness (QED) is 0.853. The van der Waals surface area contributed by atoms with E-state index in [9.17, 15) is 4.79 Å². The van der Waals surface area contributed by atoms with E-state index < -0.39 is 0 Å². The van der Waals surface area contributed by atoms with Crippen molar-refractivity contribution < 1.29 is 9.90 Å². The van der Waals surface area contributed by atoms with E-state index in [0.29, 0.717) is 12.0 Å². The summed E-state index contributed by atoms with van der Waals surface area (Å²) in [4.78, 5) is 13.3. The number of nitrogens with one attached hydrogen (secondary N) is 1. The van der Waals surface area contributed by atoms with Crippen LogP contribution < -0.4 is 5.32 Å². The van der Waals surface area contributed by atoms with Crippen LogP contribution in [0.3, 0.4) is 0 Å². The molecule has 2 N–H and O–H groups in total. The van der Waals surface area contributed by atoms with E-state index in [2.05, 4.69) is 17.2 Å². The zero-order chi connectivity index (χ0) is 15.1. The van der Waals surface area contributed by atoms with Crippen LogP contribution in [0.15, 0.2) is 41.8 Å². The average molecular weight is 299 g/mol. The van der Waals surface area contributed by atoms with Gasteiger partial charge in [0.15, 0.2) is 0 Å². The summed E-state index contributed by atoms with van der Waals surface area (Å²) in [5, 5.41) is 13.6. The second-order valence-electron chi connectivity index (χ2n) is 4.56. The number of aliphatic hydroxyl groups is 1. The van der Waals surface area contributed by atoms with Crippen molar-refractivity contribution in [3.8, 4) is 11.8 Å². The third-order valence-electron chi connectivity index (χ3n) is 2.93. The standard InChI is InChI=1S/C17H17NO2S/c1-13(16-6-4-12-21-16)18-17(20)15-9-7-14(8-10-15)5-2-3-11-19/h4,6-10,12-13,19H,3,11H2,1H3,(H,18,20). The highest BCUT2D eigenvalue weighted by atomic mass is 32.1. The monoisotopic (exact) mass is 299 g/mol. The summed E-state index contributed by atoms with van der Waals surface area (Å²) < 4.78 is 0. The maximum atomic E-state index is 12.1. The molecule has 0 radical (unpaired) electrons. The van der Waals surface area contributed by atoms with Gasteiger partial charge >= 0.3 is 0 Å². The third-order valence-corrected chi connectivity index (χ3v) is 3.99. The molecule has 0 aliphatic heterocycles. The second kappa shape index (κ2) is 7.63. The Labute approximate surface area is 128 Å². The summed E-state index contributed by atoms with van der Waals surface area (Å²) in [7, 11) is 0. The van der Waals surface area contributed by atoms with Crippen LogP contribution >= 0.6 is 11.3 Å². The molecule has 0 fully saturated rings. The minimum absolute atomic E-state index is 0.00141. The van der Waals surface area contributed by atoms with Gasteiger partial charge in [0.1, 0.15) is 0 Å². The molecule has 21 heavy (non-hydrogen) atoms. The van der Waals surface area contributed by atoms with Crippen LogP contribution in [0, 0.1) is 11.8 Å². The Morgan fingerprint density at radius 1 is 1.33 bits per heavy atom. The second-order valence-corrected chi connectivity index (χ2v) is 5.54. The Morgan fingerprint density at radius 3 is 2.71 bits per heavy atom. The fourth-order valence-corrected chi connectivity index (χ4v) is 2.55. The van der Waals surface area contributed by atoms with Gasteiger partial charge in [-0.1, -0.05) is 17.9 Å². The van der Waals surface area contributed by atoms with Crippen molar-refractivity contribution in [1.29, 1.82) is 0 Å². The van der Waals surface area contributed by atoms with Crippen molar-refractivity contribution in [2.75, 3.05) is 6.61 Å². The molecule has 0 aliphatic carbocycles. The third kappa shape index (κ3) is 4.45. The zero-order valence-electron chi connectivity index (χ0n) is 11.8. The van der Waals surface area contributed by atoms with Crippen LogP contribution in [0.4, 0.5) is 0 Å². The van der Waals surface area contributed by atoms with E-state index >= 15 is 0 Å². The van der Waals surface area contributed by atoms with Gasteiger partial charge < -0.3 is 10.4 Å². The summed E-state index contributed by atoms with van der Waals surface area (Å²) in [6, 6.07) is 11.1. The minimum atomic E-state index is -0.0919. The van der Waals surface area contributed by atoms with Crippen LogP contribution in [-0.4, -0.2) is 17.6 Å². The van der Waals surface area contributed by atoms with Gasteiger partial charge in [0.2, 0.25) is 0 Å². The fraction of sp³-hybridized carbons (Fsp3) is 0.235. The molecule has 1 unspecified atom stereocenters. The number of carbonyl (C=O) groups excluding carboxylic acids is 1. The van der Waals surface area contributed by atoms with E-state index in [4.69, 9.17) is 5.11 Å². The van der Waals surface area contributed by atoms with Gasteiger partial charge in [0, 0.05) is 22.4 Å². The first kappa shape index (κ1) is 15.3. The van der Waals surface area contributed by atoms with Crippen LogP contribution in [0.5, 0.6) is 0 Å².